The topological polar surface area (TPSA) is 44.1 Å². The standard InChI is InChI=1S/C13H13ClN2O/c1-3-8(2)16-12(7-15)11-6-9(14)4-5-10(11)13(16)17/h4-6,8,12H,3H2,1-2H3. The number of hydrogen-bond donors (Lipinski definition) is 0. The minimum absolute atomic E-state index is 0.0540. The van der Waals surface area contributed by atoms with E-state index < -0.39 is 6.04 Å². The smallest absolute Gasteiger partial charge is 0.255 e. The highest BCUT2D eigenvalue weighted by atomic mass is 35.5. The summed E-state index contributed by atoms with van der Waals surface area (Å²) >= 11 is 5.92. The summed E-state index contributed by atoms with van der Waals surface area (Å²) in [7, 11) is 0. The van der Waals surface area contributed by atoms with Crippen LogP contribution in [-0.4, -0.2) is 16.8 Å². The molecule has 0 saturated carbocycles. The molecule has 0 bridgehead atoms. The molecule has 3 nitrogen and oxygen atoms in total. The molecular formula is C13H13ClN2O. The number of rotatable bonds is 2. The predicted molar refractivity (Wildman–Crippen MR) is 65.7 cm³/mol. The Balaban J connectivity index is 2.52. The molecule has 0 N–H and O–H groups in total. The third-order valence-corrected chi connectivity index (χ3v) is 3.47. The zero-order chi connectivity index (χ0) is 12.6. The molecule has 0 radical (unpaired) electrons. The van der Waals surface area contributed by atoms with Gasteiger partial charge in [0.05, 0.1) is 6.07 Å². The van der Waals surface area contributed by atoms with Crippen LogP contribution < -0.4 is 0 Å². The van der Waals surface area contributed by atoms with Gasteiger partial charge in [-0.1, -0.05) is 18.5 Å². The van der Waals surface area contributed by atoms with Crippen LogP contribution in [0.5, 0.6) is 0 Å². The second kappa shape index (κ2) is 4.38. The lowest BCUT2D eigenvalue weighted by atomic mass is 10.1. The highest BCUT2D eigenvalue weighted by Gasteiger charge is 2.38. The number of fused-ring (bicyclic) bond motifs is 1. The van der Waals surface area contributed by atoms with Gasteiger partial charge in [-0.25, -0.2) is 0 Å². The second-order valence-electron chi connectivity index (χ2n) is 4.23. The fourth-order valence-electron chi connectivity index (χ4n) is 2.14. The average Bonchev–Trinajstić information content (AvgIpc) is 2.60. The van der Waals surface area contributed by atoms with Gasteiger partial charge in [-0.2, -0.15) is 5.26 Å². The summed E-state index contributed by atoms with van der Waals surface area (Å²) in [6.07, 6.45) is 0.825. The number of benzene rings is 1. The fraction of sp³-hybridized carbons (Fsp3) is 0.385. The monoisotopic (exact) mass is 248 g/mol. The molecule has 0 fully saturated rings. The van der Waals surface area contributed by atoms with E-state index in [-0.39, 0.29) is 11.9 Å². The van der Waals surface area contributed by atoms with Crippen molar-refractivity contribution in [1.29, 1.82) is 5.26 Å². The number of hydrogen-bond acceptors (Lipinski definition) is 2. The van der Waals surface area contributed by atoms with Gasteiger partial charge in [0.25, 0.3) is 5.91 Å². The Morgan fingerprint density at radius 1 is 1.59 bits per heavy atom. The molecule has 1 heterocycles. The van der Waals surface area contributed by atoms with Crippen LogP contribution in [0.2, 0.25) is 5.02 Å². The molecule has 1 aliphatic heterocycles. The molecule has 0 aromatic heterocycles. The Labute approximate surface area is 106 Å². The molecular weight excluding hydrogens is 236 g/mol. The second-order valence-corrected chi connectivity index (χ2v) is 4.67. The van der Waals surface area contributed by atoms with Crippen LogP contribution in [0.25, 0.3) is 0 Å². The van der Waals surface area contributed by atoms with Crippen molar-refractivity contribution < 1.29 is 4.79 Å². The summed E-state index contributed by atoms with van der Waals surface area (Å²) in [5.74, 6) is -0.0717. The number of amides is 1. The van der Waals surface area contributed by atoms with Crippen LogP contribution in [0.15, 0.2) is 18.2 Å². The van der Waals surface area contributed by atoms with Crippen molar-refractivity contribution in [2.45, 2.75) is 32.4 Å². The third-order valence-electron chi connectivity index (χ3n) is 3.24. The number of halogens is 1. The normalized spacial score (nSPS) is 20.0. The summed E-state index contributed by atoms with van der Waals surface area (Å²) in [5.41, 5.74) is 1.33. The fourth-order valence-corrected chi connectivity index (χ4v) is 2.32. The Hall–Kier alpha value is -1.53. The van der Waals surface area contributed by atoms with Crippen molar-refractivity contribution >= 4 is 17.5 Å². The molecule has 17 heavy (non-hydrogen) atoms. The first kappa shape index (κ1) is 11.9. The van der Waals surface area contributed by atoms with Gasteiger partial charge in [-0.05, 0) is 31.5 Å². The van der Waals surface area contributed by atoms with E-state index in [1.165, 1.54) is 0 Å². The Morgan fingerprint density at radius 2 is 2.29 bits per heavy atom. The maximum absolute atomic E-state index is 12.2. The van der Waals surface area contributed by atoms with Crippen LogP contribution >= 0.6 is 11.6 Å². The first-order valence-corrected chi connectivity index (χ1v) is 5.99. The van der Waals surface area contributed by atoms with E-state index in [0.29, 0.717) is 10.6 Å². The molecule has 4 heteroatoms. The van der Waals surface area contributed by atoms with Gasteiger partial charge < -0.3 is 4.90 Å². The highest BCUT2D eigenvalue weighted by molar-refractivity contribution is 6.30. The summed E-state index contributed by atoms with van der Waals surface area (Å²) in [6.45, 7) is 3.96. The molecule has 1 amide bonds. The van der Waals surface area contributed by atoms with Gasteiger partial charge in [0.1, 0.15) is 6.04 Å². The molecule has 1 aliphatic rings. The van der Waals surface area contributed by atoms with Gasteiger partial charge in [0.15, 0.2) is 0 Å². The molecule has 1 aromatic rings. The van der Waals surface area contributed by atoms with E-state index >= 15 is 0 Å². The molecule has 0 saturated heterocycles. The van der Waals surface area contributed by atoms with E-state index in [1.54, 1.807) is 23.1 Å². The van der Waals surface area contributed by atoms with Crippen LogP contribution in [0.1, 0.15) is 42.2 Å². The highest BCUT2D eigenvalue weighted by Crippen LogP contribution is 2.36. The maximum Gasteiger partial charge on any atom is 0.255 e. The molecule has 0 aliphatic carbocycles. The zero-order valence-electron chi connectivity index (χ0n) is 9.77. The predicted octanol–water partition coefficient (Wildman–Crippen LogP) is 3.16. The summed E-state index contributed by atoms with van der Waals surface area (Å²) < 4.78 is 0. The minimum atomic E-state index is -0.508. The molecule has 2 rings (SSSR count). The van der Waals surface area contributed by atoms with Crippen molar-refractivity contribution in [3.05, 3.63) is 34.3 Å². The van der Waals surface area contributed by atoms with Crippen LogP contribution in [0.3, 0.4) is 0 Å². The Kier molecular flexibility index (Phi) is 3.08. The Morgan fingerprint density at radius 3 is 2.88 bits per heavy atom. The summed E-state index contributed by atoms with van der Waals surface area (Å²) in [4.78, 5) is 13.8. The molecule has 2 unspecified atom stereocenters. The van der Waals surface area contributed by atoms with Crippen molar-refractivity contribution in [3.8, 4) is 6.07 Å². The van der Waals surface area contributed by atoms with Gasteiger partial charge in [0, 0.05) is 22.2 Å². The van der Waals surface area contributed by atoms with Gasteiger partial charge >= 0.3 is 0 Å². The Bertz CT molecular complexity index is 507. The third kappa shape index (κ3) is 1.79. The summed E-state index contributed by atoms with van der Waals surface area (Å²) in [5, 5.41) is 9.81. The number of nitriles is 1. The van der Waals surface area contributed by atoms with Crippen molar-refractivity contribution in [2.24, 2.45) is 0 Å². The van der Waals surface area contributed by atoms with Crippen LogP contribution in [0, 0.1) is 11.3 Å². The van der Waals surface area contributed by atoms with Crippen LogP contribution in [-0.2, 0) is 0 Å². The lowest BCUT2D eigenvalue weighted by Crippen LogP contribution is -2.35. The van der Waals surface area contributed by atoms with Crippen molar-refractivity contribution in [3.63, 3.8) is 0 Å². The lowest BCUT2D eigenvalue weighted by Gasteiger charge is -2.26. The van der Waals surface area contributed by atoms with Gasteiger partial charge in [-0.3, -0.25) is 4.79 Å². The van der Waals surface area contributed by atoms with E-state index in [9.17, 15) is 10.1 Å². The van der Waals surface area contributed by atoms with E-state index in [0.717, 1.165) is 12.0 Å². The maximum atomic E-state index is 12.2. The first-order chi connectivity index (χ1) is 8.10. The number of carbonyl (C=O) groups is 1. The van der Waals surface area contributed by atoms with E-state index in [4.69, 9.17) is 11.6 Å². The molecule has 2 atom stereocenters. The molecule has 88 valence electrons. The SMILES string of the molecule is CCC(C)N1C(=O)c2ccc(Cl)cc2C1C#N. The molecule has 0 spiro atoms. The van der Waals surface area contributed by atoms with Gasteiger partial charge in [-0.15, -0.1) is 0 Å². The average molecular weight is 249 g/mol. The van der Waals surface area contributed by atoms with E-state index in [2.05, 4.69) is 6.07 Å². The summed E-state index contributed by atoms with van der Waals surface area (Å²) in [6, 6.07) is 6.84. The van der Waals surface area contributed by atoms with Crippen molar-refractivity contribution in [2.75, 3.05) is 0 Å². The zero-order valence-corrected chi connectivity index (χ0v) is 10.5. The first-order valence-electron chi connectivity index (χ1n) is 5.61. The number of carbonyl (C=O) groups excluding carboxylic acids is 1. The van der Waals surface area contributed by atoms with Crippen molar-refractivity contribution in [1.82, 2.24) is 4.90 Å². The minimum Gasteiger partial charge on any atom is -0.316 e. The largest absolute Gasteiger partial charge is 0.316 e. The quantitative estimate of drug-likeness (QED) is 0.807. The van der Waals surface area contributed by atoms with Gasteiger partial charge in [0.2, 0.25) is 0 Å². The lowest BCUT2D eigenvalue weighted by molar-refractivity contribution is 0.0684. The van der Waals surface area contributed by atoms with E-state index in [1.807, 2.05) is 13.8 Å². The van der Waals surface area contributed by atoms with Crippen LogP contribution in [0.4, 0.5) is 0 Å². The molecule has 1 aromatic carbocycles. The number of nitrogens with zero attached hydrogens (tertiary/aromatic N) is 2.